The van der Waals surface area contributed by atoms with Gasteiger partial charge in [0.25, 0.3) is 0 Å². The van der Waals surface area contributed by atoms with Crippen molar-refractivity contribution in [2.45, 2.75) is 27.3 Å². The number of aromatic nitrogens is 1. The molecule has 0 saturated carbocycles. The molecule has 0 radical (unpaired) electrons. The minimum absolute atomic E-state index is 0. The molecule has 0 spiro atoms. The van der Waals surface area contributed by atoms with Gasteiger partial charge in [-0.25, -0.2) is 4.98 Å². The highest BCUT2D eigenvalue weighted by atomic mass is 127. The molecule has 0 amide bonds. The van der Waals surface area contributed by atoms with Crippen molar-refractivity contribution >= 4 is 41.3 Å². The van der Waals surface area contributed by atoms with Crippen molar-refractivity contribution in [2.24, 2.45) is 10.4 Å². The Morgan fingerprint density at radius 2 is 2.05 bits per heavy atom. The van der Waals surface area contributed by atoms with Crippen molar-refractivity contribution in [3.05, 3.63) is 16.1 Å². The lowest BCUT2D eigenvalue weighted by Crippen LogP contribution is -2.44. The van der Waals surface area contributed by atoms with Crippen LogP contribution in [0.3, 0.4) is 0 Å². The van der Waals surface area contributed by atoms with E-state index in [-0.39, 0.29) is 29.4 Å². The van der Waals surface area contributed by atoms with Crippen molar-refractivity contribution in [1.29, 1.82) is 0 Å². The number of nitrogens with one attached hydrogen (secondary N) is 2. The van der Waals surface area contributed by atoms with Gasteiger partial charge in [-0.05, 0) is 26.4 Å². The summed E-state index contributed by atoms with van der Waals surface area (Å²) in [4.78, 5) is 12.0. The van der Waals surface area contributed by atoms with Crippen LogP contribution in [0.1, 0.15) is 23.7 Å². The Balaban J connectivity index is 0.00000400. The van der Waals surface area contributed by atoms with Gasteiger partial charge < -0.3 is 15.5 Å². The fraction of sp³-hybridized carbons (Fsp3) is 0.714. The maximum absolute atomic E-state index is 4.34. The summed E-state index contributed by atoms with van der Waals surface area (Å²) in [7, 11) is 5.99. The van der Waals surface area contributed by atoms with E-state index in [0.717, 1.165) is 24.1 Å². The maximum atomic E-state index is 4.34. The molecule has 5 nitrogen and oxygen atoms in total. The molecule has 0 aliphatic heterocycles. The summed E-state index contributed by atoms with van der Waals surface area (Å²) in [6, 6.07) is 0. The van der Waals surface area contributed by atoms with Gasteiger partial charge in [0.1, 0.15) is 5.01 Å². The molecule has 21 heavy (non-hydrogen) atoms. The third kappa shape index (κ3) is 8.57. The Morgan fingerprint density at radius 3 is 2.52 bits per heavy atom. The number of hydrogen-bond acceptors (Lipinski definition) is 4. The average Bonchev–Trinajstić information content (AvgIpc) is 2.73. The van der Waals surface area contributed by atoms with Crippen molar-refractivity contribution in [2.75, 3.05) is 34.2 Å². The Hall–Kier alpha value is -0.410. The highest BCUT2D eigenvalue weighted by molar-refractivity contribution is 14.0. The first kappa shape index (κ1) is 20.6. The van der Waals surface area contributed by atoms with Crippen LogP contribution in [0.5, 0.6) is 0 Å². The molecule has 0 aliphatic rings. The largest absolute Gasteiger partial charge is 0.356 e. The van der Waals surface area contributed by atoms with Gasteiger partial charge in [0.15, 0.2) is 5.96 Å². The van der Waals surface area contributed by atoms with Crippen molar-refractivity contribution in [3.8, 4) is 0 Å². The SMILES string of the molecule is CN=C(NCc1ncc(C)s1)NCC(C)(C)CN(C)C.I. The lowest BCUT2D eigenvalue weighted by atomic mass is 9.93. The summed E-state index contributed by atoms with van der Waals surface area (Å²) in [5, 5.41) is 7.76. The molecular formula is C14H28IN5S. The molecule has 0 unspecified atom stereocenters. The molecule has 122 valence electrons. The van der Waals surface area contributed by atoms with Crippen molar-refractivity contribution < 1.29 is 0 Å². The molecule has 1 heterocycles. The number of nitrogens with zero attached hydrogens (tertiary/aromatic N) is 3. The van der Waals surface area contributed by atoms with Crippen LogP contribution >= 0.6 is 35.3 Å². The van der Waals surface area contributed by atoms with Gasteiger partial charge in [-0.2, -0.15) is 0 Å². The Bertz CT molecular complexity index is 442. The number of halogens is 1. The highest BCUT2D eigenvalue weighted by Crippen LogP contribution is 2.14. The monoisotopic (exact) mass is 425 g/mol. The summed E-state index contributed by atoms with van der Waals surface area (Å²) >= 11 is 1.71. The second kappa shape index (κ2) is 9.58. The lowest BCUT2D eigenvalue weighted by molar-refractivity contribution is 0.241. The van der Waals surface area contributed by atoms with E-state index >= 15 is 0 Å². The predicted molar refractivity (Wildman–Crippen MR) is 103 cm³/mol. The van der Waals surface area contributed by atoms with Crippen LogP contribution in [0.25, 0.3) is 0 Å². The third-order valence-corrected chi connectivity index (χ3v) is 3.69. The first-order valence-electron chi connectivity index (χ1n) is 6.83. The number of thiazole rings is 1. The van der Waals surface area contributed by atoms with Gasteiger partial charge >= 0.3 is 0 Å². The standard InChI is InChI=1S/C14H27N5S.HI/c1-11-7-16-12(20-11)8-17-13(15-4)18-9-14(2,3)10-19(5)6;/h7H,8-10H2,1-6H3,(H2,15,17,18);1H. The molecular weight excluding hydrogens is 397 g/mol. The van der Waals surface area contributed by atoms with Crippen LogP contribution in [0.2, 0.25) is 0 Å². The number of hydrogen-bond donors (Lipinski definition) is 2. The topological polar surface area (TPSA) is 52.6 Å². The molecule has 0 saturated heterocycles. The molecule has 1 aromatic rings. The minimum Gasteiger partial charge on any atom is -0.356 e. The van der Waals surface area contributed by atoms with Crippen molar-refractivity contribution in [3.63, 3.8) is 0 Å². The molecule has 1 aromatic heterocycles. The zero-order chi connectivity index (χ0) is 15.2. The molecule has 0 aliphatic carbocycles. The molecule has 2 N–H and O–H groups in total. The fourth-order valence-electron chi connectivity index (χ4n) is 2.10. The van der Waals surface area contributed by atoms with Crippen LogP contribution in [0.15, 0.2) is 11.2 Å². The van der Waals surface area contributed by atoms with Gasteiger partial charge in [0.2, 0.25) is 0 Å². The summed E-state index contributed by atoms with van der Waals surface area (Å²) in [6.07, 6.45) is 1.90. The number of rotatable bonds is 6. The quantitative estimate of drug-likeness (QED) is 0.417. The minimum atomic E-state index is 0. The molecule has 0 bridgehead atoms. The van der Waals surface area contributed by atoms with Gasteiger partial charge in [-0.1, -0.05) is 13.8 Å². The van der Waals surface area contributed by atoms with E-state index in [1.165, 1.54) is 4.88 Å². The van der Waals surface area contributed by atoms with E-state index in [9.17, 15) is 0 Å². The normalized spacial score (nSPS) is 12.2. The van der Waals surface area contributed by atoms with Gasteiger partial charge in [0, 0.05) is 31.2 Å². The number of guanidine groups is 1. The number of aryl methyl sites for hydroxylation is 1. The predicted octanol–water partition coefficient (Wildman–Crippen LogP) is 2.32. The van der Waals surface area contributed by atoms with Crippen LogP contribution in [-0.4, -0.2) is 50.1 Å². The van der Waals surface area contributed by atoms with Crippen LogP contribution in [0, 0.1) is 12.3 Å². The first-order valence-corrected chi connectivity index (χ1v) is 7.64. The Kier molecular flexibility index (Phi) is 9.39. The van der Waals surface area contributed by atoms with Gasteiger partial charge in [-0.3, -0.25) is 4.99 Å². The molecule has 7 heteroatoms. The summed E-state index contributed by atoms with van der Waals surface area (Å²) in [5.41, 5.74) is 0.193. The van der Waals surface area contributed by atoms with Crippen molar-refractivity contribution in [1.82, 2.24) is 20.5 Å². The smallest absolute Gasteiger partial charge is 0.191 e. The van der Waals surface area contributed by atoms with Crippen LogP contribution in [0.4, 0.5) is 0 Å². The van der Waals surface area contributed by atoms with Crippen LogP contribution < -0.4 is 10.6 Å². The average molecular weight is 425 g/mol. The summed E-state index contributed by atoms with van der Waals surface area (Å²) < 4.78 is 0. The third-order valence-electron chi connectivity index (χ3n) is 2.78. The van der Waals surface area contributed by atoms with Gasteiger partial charge in [0.05, 0.1) is 6.54 Å². The van der Waals surface area contributed by atoms with E-state index in [0.29, 0.717) is 6.54 Å². The Morgan fingerprint density at radius 1 is 1.38 bits per heavy atom. The number of aliphatic imine (C=N–C) groups is 1. The second-order valence-electron chi connectivity index (χ2n) is 6.05. The first-order chi connectivity index (χ1) is 9.32. The van der Waals surface area contributed by atoms with Crippen LogP contribution in [-0.2, 0) is 6.54 Å². The molecule has 0 fully saturated rings. The fourth-order valence-corrected chi connectivity index (χ4v) is 2.82. The summed E-state index contributed by atoms with van der Waals surface area (Å²) in [5.74, 6) is 0.824. The second-order valence-corrected chi connectivity index (χ2v) is 7.37. The zero-order valence-corrected chi connectivity index (χ0v) is 17.0. The van der Waals surface area contributed by atoms with E-state index in [1.807, 2.05) is 6.20 Å². The highest BCUT2D eigenvalue weighted by Gasteiger charge is 2.19. The van der Waals surface area contributed by atoms with Gasteiger partial charge in [-0.15, -0.1) is 35.3 Å². The lowest BCUT2D eigenvalue weighted by Gasteiger charge is -2.29. The maximum Gasteiger partial charge on any atom is 0.191 e. The van der Waals surface area contributed by atoms with E-state index in [1.54, 1.807) is 18.4 Å². The summed E-state index contributed by atoms with van der Waals surface area (Å²) in [6.45, 7) is 9.18. The van der Waals surface area contributed by atoms with E-state index in [2.05, 4.69) is 60.4 Å². The molecule has 0 aromatic carbocycles. The Labute approximate surface area is 149 Å². The zero-order valence-electron chi connectivity index (χ0n) is 13.9. The molecule has 1 rings (SSSR count). The molecule has 0 atom stereocenters. The van der Waals surface area contributed by atoms with E-state index < -0.39 is 0 Å². The van der Waals surface area contributed by atoms with E-state index in [4.69, 9.17) is 0 Å².